The topological polar surface area (TPSA) is 38.3 Å². The molecule has 1 unspecified atom stereocenters. The number of fused-ring (bicyclic) bond motifs is 1. The third-order valence-corrected chi connectivity index (χ3v) is 5.13. The minimum atomic E-state index is -0.0475. The number of carbonyl (C=O) groups excluding carboxylic acids is 1. The Morgan fingerprint density at radius 2 is 1.89 bits per heavy atom. The Bertz CT molecular complexity index is 288. The zero-order valence-corrected chi connectivity index (χ0v) is 12.5. The van der Waals surface area contributed by atoms with E-state index in [9.17, 15) is 4.79 Å². The van der Waals surface area contributed by atoms with Crippen molar-refractivity contribution in [2.24, 2.45) is 17.8 Å². The van der Waals surface area contributed by atoms with Crippen molar-refractivity contribution in [2.75, 3.05) is 13.2 Å². The average Bonchev–Trinajstić information content (AvgIpc) is 2.47. The first-order valence-corrected chi connectivity index (χ1v) is 8.14. The molecule has 19 heavy (non-hydrogen) atoms. The van der Waals surface area contributed by atoms with Crippen LogP contribution in [0.25, 0.3) is 0 Å². The molecule has 1 aliphatic heterocycles. The zero-order chi connectivity index (χ0) is 13.7. The molecule has 0 amide bonds. The second kappa shape index (κ2) is 7.28. The Labute approximate surface area is 117 Å². The van der Waals surface area contributed by atoms with Crippen LogP contribution in [-0.2, 0) is 9.53 Å². The summed E-state index contributed by atoms with van der Waals surface area (Å²) in [7, 11) is 0. The summed E-state index contributed by atoms with van der Waals surface area (Å²) >= 11 is 0. The van der Waals surface area contributed by atoms with E-state index < -0.39 is 0 Å². The molecule has 1 saturated carbocycles. The highest BCUT2D eigenvalue weighted by molar-refractivity contribution is 5.76. The van der Waals surface area contributed by atoms with E-state index in [1.165, 1.54) is 25.7 Å². The molecule has 3 nitrogen and oxygen atoms in total. The van der Waals surface area contributed by atoms with Crippen LogP contribution >= 0.6 is 0 Å². The smallest absolute Gasteiger partial charge is 0.323 e. The second-order valence-corrected chi connectivity index (χ2v) is 6.31. The molecule has 0 aromatic carbocycles. The normalized spacial score (nSPS) is 31.0. The van der Waals surface area contributed by atoms with Crippen molar-refractivity contribution >= 4 is 5.97 Å². The molecule has 2 aliphatic rings. The third kappa shape index (κ3) is 3.95. The lowest BCUT2D eigenvalue weighted by Gasteiger charge is -2.39. The molecular formula is C16H29NO2. The number of piperidine rings is 1. The van der Waals surface area contributed by atoms with Gasteiger partial charge in [0.2, 0.25) is 0 Å². The highest BCUT2D eigenvalue weighted by Gasteiger charge is 2.35. The van der Waals surface area contributed by atoms with E-state index in [0.717, 1.165) is 37.6 Å². The van der Waals surface area contributed by atoms with E-state index >= 15 is 0 Å². The molecule has 110 valence electrons. The summed E-state index contributed by atoms with van der Waals surface area (Å²) in [6, 6.07) is -0.0475. The fourth-order valence-electron chi connectivity index (χ4n) is 3.55. The number of esters is 1. The standard InChI is InChI=1S/C16H29NO2/c1-3-12(4-2)11-19-16(18)15-9-13-7-5-6-8-14(13)10-17-15/h12-15,17H,3-11H2,1-2H3/t13-,14?,15+/m1/s1. The molecule has 2 rings (SSSR count). The number of hydrogen-bond donors (Lipinski definition) is 1. The van der Waals surface area contributed by atoms with E-state index in [4.69, 9.17) is 4.74 Å². The summed E-state index contributed by atoms with van der Waals surface area (Å²) in [5.74, 6) is 2.06. The second-order valence-electron chi connectivity index (χ2n) is 6.31. The maximum atomic E-state index is 12.1. The van der Waals surface area contributed by atoms with E-state index in [1.54, 1.807) is 0 Å². The van der Waals surface area contributed by atoms with E-state index in [2.05, 4.69) is 19.2 Å². The molecule has 0 bridgehead atoms. The molecule has 1 N–H and O–H groups in total. The highest BCUT2D eigenvalue weighted by atomic mass is 16.5. The van der Waals surface area contributed by atoms with Gasteiger partial charge in [0.1, 0.15) is 6.04 Å². The minimum Gasteiger partial charge on any atom is -0.464 e. The molecule has 3 heteroatoms. The average molecular weight is 267 g/mol. The first kappa shape index (κ1) is 14.8. The van der Waals surface area contributed by atoms with Crippen molar-refractivity contribution in [3.05, 3.63) is 0 Å². The Morgan fingerprint density at radius 3 is 2.58 bits per heavy atom. The van der Waals surface area contributed by atoms with Crippen LogP contribution in [-0.4, -0.2) is 25.2 Å². The molecule has 1 saturated heterocycles. The van der Waals surface area contributed by atoms with Crippen LogP contribution in [0.3, 0.4) is 0 Å². The van der Waals surface area contributed by atoms with Crippen LogP contribution in [0.2, 0.25) is 0 Å². The molecule has 3 atom stereocenters. The SMILES string of the molecule is CCC(CC)COC(=O)[C@@H]1C[C@H]2CCCCC2CN1. The van der Waals surface area contributed by atoms with Gasteiger partial charge in [-0.15, -0.1) is 0 Å². The van der Waals surface area contributed by atoms with Gasteiger partial charge in [0.25, 0.3) is 0 Å². The van der Waals surface area contributed by atoms with Crippen molar-refractivity contribution in [3.8, 4) is 0 Å². The van der Waals surface area contributed by atoms with Gasteiger partial charge in [-0.2, -0.15) is 0 Å². The van der Waals surface area contributed by atoms with Crippen LogP contribution < -0.4 is 5.32 Å². The van der Waals surface area contributed by atoms with Gasteiger partial charge in [-0.3, -0.25) is 4.79 Å². The van der Waals surface area contributed by atoms with E-state index in [1.807, 2.05) is 0 Å². The van der Waals surface area contributed by atoms with Crippen molar-refractivity contribution in [1.29, 1.82) is 0 Å². The number of ether oxygens (including phenoxy) is 1. The lowest BCUT2D eigenvalue weighted by molar-refractivity contribution is -0.149. The summed E-state index contributed by atoms with van der Waals surface area (Å²) < 4.78 is 5.50. The minimum absolute atomic E-state index is 0.0177. The highest BCUT2D eigenvalue weighted by Crippen LogP contribution is 2.35. The van der Waals surface area contributed by atoms with Crippen LogP contribution in [0.4, 0.5) is 0 Å². The van der Waals surface area contributed by atoms with Crippen LogP contribution in [0, 0.1) is 17.8 Å². The monoisotopic (exact) mass is 267 g/mol. The van der Waals surface area contributed by atoms with E-state index in [0.29, 0.717) is 12.5 Å². The van der Waals surface area contributed by atoms with Gasteiger partial charge in [-0.05, 0) is 37.1 Å². The van der Waals surface area contributed by atoms with Crippen molar-refractivity contribution in [3.63, 3.8) is 0 Å². The van der Waals surface area contributed by atoms with Crippen molar-refractivity contribution in [2.45, 2.75) is 64.8 Å². The quantitative estimate of drug-likeness (QED) is 0.778. The third-order valence-electron chi connectivity index (χ3n) is 5.13. The summed E-state index contributed by atoms with van der Waals surface area (Å²) in [5.41, 5.74) is 0. The van der Waals surface area contributed by atoms with Crippen LogP contribution in [0.15, 0.2) is 0 Å². The van der Waals surface area contributed by atoms with Gasteiger partial charge < -0.3 is 10.1 Å². The largest absolute Gasteiger partial charge is 0.464 e. The molecule has 0 spiro atoms. The number of nitrogens with one attached hydrogen (secondary N) is 1. The maximum Gasteiger partial charge on any atom is 0.323 e. The van der Waals surface area contributed by atoms with Gasteiger partial charge in [-0.25, -0.2) is 0 Å². The Morgan fingerprint density at radius 1 is 1.21 bits per heavy atom. The van der Waals surface area contributed by atoms with Gasteiger partial charge >= 0.3 is 5.97 Å². The molecule has 1 aliphatic carbocycles. The van der Waals surface area contributed by atoms with E-state index in [-0.39, 0.29) is 12.0 Å². The maximum absolute atomic E-state index is 12.1. The lowest BCUT2D eigenvalue weighted by Crippen LogP contribution is -2.49. The lowest BCUT2D eigenvalue weighted by atomic mass is 9.74. The predicted octanol–water partition coefficient (Wildman–Crippen LogP) is 3.13. The Balaban J connectivity index is 1.77. The van der Waals surface area contributed by atoms with Crippen LogP contribution in [0.1, 0.15) is 58.8 Å². The molecule has 0 aromatic rings. The van der Waals surface area contributed by atoms with Gasteiger partial charge in [0.05, 0.1) is 6.61 Å². The molecule has 1 heterocycles. The van der Waals surface area contributed by atoms with Gasteiger partial charge in [-0.1, -0.05) is 46.0 Å². The number of hydrogen-bond acceptors (Lipinski definition) is 3. The summed E-state index contributed by atoms with van der Waals surface area (Å²) in [6.45, 7) is 5.93. The Hall–Kier alpha value is -0.570. The summed E-state index contributed by atoms with van der Waals surface area (Å²) in [5, 5.41) is 3.40. The number of rotatable bonds is 5. The first-order chi connectivity index (χ1) is 9.24. The molecule has 0 radical (unpaired) electrons. The zero-order valence-electron chi connectivity index (χ0n) is 12.5. The molecule has 2 fully saturated rings. The van der Waals surface area contributed by atoms with Gasteiger partial charge in [0.15, 0.2) is 0 Å². The van der Waals surface area contributed by atoms with Crippen molar-refractivity contribution in [1.82, 2.24) is 5.32 Å². The number of carbonyl (C=O) groups is 1. The predicted molar refractivity (Wildman–Crippen MR) is 76.9 cm³/mol. The fourth-order valence-corrected chi connectivity index (χ4v) is 3.55. The molecular weight excluding hydrogens is 238 g/mol. The fraction of sp³-hybridized carbons (Fsp3) is 0.938. The Kier molecular flexibility index (Phi) is 5.68. The summed E-state index contributed by atoms with van der Waals surface area (Å²) in [6.07, 6.45) is 8.53. The first-order valence-electron chi connectivity index (χ1n) is 8.14. The van der Waals surface area contributed by atoms with Crippen LogP contribution in [0.5, 0.6) is 0 Å². The van der Waals surface area contributed by atoms with Crippen molar-refractivity contribution < 1.29 is 9.53 Å². The summed E-state index contributed by atoms with van der Waals surface area (Å²) in [4.78, 5) is 12.1. The molecule has 0 aromatic heterocycles. The van der Waals surface area contributed by atoms with Gasteiger partial charge in [0, 0.05) is 0 Å².